The average molecular weight is 203 g/mol. The summed E-state index contributed by atoms with van der Waals surface area (Å²) in [7, 11) is 1.71. The van der Waals surface area contributed by atoms with E-state index in [4.69, 9.17) is 23.1 Å². The van der Waals surface area contributed by atoms with E-state index in [1.54, 1.807) is 7.05 Å². The Bertz CT molecular complexity index is 303. The Morgan fingerprint density at radius 2 is 2.46 bits per heavy atom. The van der Waals surface area contributed by atoms with Gasteiger partial charge in [-0.1, -0.05) is 11.6 Å². The van der Waals surface area contributed by atoms with Crippen LogP contribution in [-0.2, 0) is 11.8 Å². The molecule has 0 spiro atoms. The number of hydrogen-bond acceptors (Lipinski definition) is 3. The Balaban J connectivity index is 2.87. The van der Waals surface area contributed by atoms with Gasteiger partial charge >= 0.3 is 0 Å². The van der Waals surface area contributed by atoms with Crippen LogP contribution in [0.25, 0.3) is 0 Å². The Morgan fingerprint density at radius 3 is 2.85 bits per heavy atom. The highest BCUT2D eigenvalue weighted by Gasteiger charge is 2.16. The smallest absolute Gasteiger partial charge is 0.219 e. The van der Waals surface area contributed by atoms with E-state index >= 15 is 0 Å². The van der Waals surface area contributed by atoms with E-state index in [2.05, 4.69) is 5.10 Å². The molecule has 0 aromatic carbocycles. The number of aromatic nitrogens is 2. The van der Waals surface area contributed by atoms with Crippen molar-refractivity contribution in [3.63, 3.8) is 0 Å². The first-order chi connectivity index (χ1) is 6.02. The predicted molar refractivity (Wildman–Crippen MR) is 49.0 cm³/mol. The van der Waals surface area contributed by atoms with E-state index in [9.17, 15) is 4.79 Å². The second-order valence-electron chi connectivity index (χ2n) is 2.78. The van der Waals surface area contributed by atoms with Crippen molar-refractivity contribution in [2.24, 2.45) is 18.5 Å². The van der Waals surface area contributed by atoms with Crippen LogP contribution >= 0.6 is 11.6 Å². The van der Waals surface area contributed by atoms with E-state index < -0.39 is 11.9 Å². The number of nitrogens with two attached hydrogens (primary N) is 2. The van der Waals surface area contributed by atoms with Crippen molar-refractivity contribution in [1.29, 1.82) is 0 Å². The van der Waals surface area contributed by atoms with Crippen LogP contribution in [0, 0.1) is 0 Å². The second-order valence-corrected chi connectivity index (χ2v) is 3.19. The summed E-state index contributed by atoms with van der Waals surface area (Å²) in [4.78, 5) is 10.6. The first-order valence-electron chi connectivity index (χ1n) is 3.73. The summed E-state index contributed by atoms with van der Waals surface area (Å²) < 4.78 is 1.54. The van der Waals surface area contributed by atoms with Gasteiger partial charge in [0.1, 0.15) is 0 Å². The van der Waals surface area contributed by atoms with Gasteiger partial charge in [-0.15, -0.1) is 0 Å². The Labute approximate surface area is 80.6 Å². The van der Waals surface area contributed by atoms with Gasteiger partial charge < -0.3 is 11.5 Å². The molecular formula is C7H11ClN4O. The molecule has 1 unspecified atom stereocenters. The summed E-state index contributed by atoms with van der Waals surface area (Å²) in [5, 5.41) is 4.35. The minimum atomic E-state index is -0.488. The van der Waals surface area contributed by atoms with Gasteiger partial charge in [-0.3, -0.25) is 9.48 Å². The van der Waals surface area contributed by atoms with Crippen molar-refractivity contribution in [2.75, 3.05) is 0 Å². The van der Waals surface area contributed by atoms with Gasteiger partial charge in [-0.25, -0.2) is 0 Å². The zero-order chi connectivity index (χ0) is 10.0. The molecule has 0 aliphatic carbocycles. The molecule has 1 amide bonds. The lowest BCUT2D eigenvalue weighted by atomic mass is 10.1. The van der Waals surface area contributed by atoms with Crippen LogP contribution in [0.2, 0.25) is 5.02 Å². The number of aryl methyl sites for hydroxylation is 1. The topological polar surface area (TPSA) is 86.9 Å². The molecule has 5 nitrogen and oxygen atoms in total. The Hall–Kier alpha value is -1.07. The van der Waals surface area contributed by atoms with Gasteiger partial charge in [0, 0.05) is 13.5 Å². The third-order valence-corrected chi connectivity index (χ3v) is 2.00. The first kappa shape index (κ1) is 10.0. The molecule has 1 aromatic rings. The first-order valence-corrected chi connectivity index (χ1v) is 4.11. The van der Waals surface area contributed by atoms with Crippen molar-refractivity contribution in [3.05, 3.63) is 16.9 Å². The third-order valence-electron chi connectivity index (χ3n) is 1.71. The van der Waals surface area contributed by atoms with Gasteiger partial charge in [0.25, 0.3) is 0 Å². The van der Waals surface area contributed by atoms with Crippen molar-refractivity contribution in [2.45, 2.75) is 12.5 Å². The van der Waals surface area contributed by atoms with E-state index in [1.165, 1.54) is 10.9 Å². The van der Waals surface area contributed by atoms with Crippen LogP contribution in [-0.4, -0.2) is 15.7 Å². The summed E-state index contributed by atoms with van der Waals surface area (Å²) in [6.45, 7) is 0. The van der Waals surface area contributed by atoms with Crippen LogP contribution in [0.1, 0.15) is 18.2 Å². The van der Waals surface area contributed by atoms with E-state index in [1.807, 2.05) is 0 Å². The molecule has 0 aliphatic heterocycles. The number of primary amides is 1. The molecule has 0 saturated carbocycles. The van der Waals surface area contributed by atoms with Crippen LogP contribution < -0.4 is 11.5 Å². The summed E-state index contributed by atoms with van der Waals surface area (Å²) >= 11 is 5.81. The fourth-order valence-corrected chi connectivity index (χ4v) is 1.46. The summed E-state index contributed by atoms with van der Waals surface area (Å²) in [5.41, 5.74) is 11.3. The fraction of sp³-hybridized carbons (Fsp3) is 0.429. The number of nitrogens with zero attached hydrogens (tertiary/aromatic N) is 2. The van der Waals surface area contributed by atoms with E-state index in [-0.39, 0.29) is 6.42 Å². The molecule has 6 heteroatoms. The van der Waals surface area contributed by atoms with Gasteiger partial charge in [0.2, 0.25) is 5.91 Å². The number of carbonyl (C=O) groups is 1. The number of carbonyl (C=O) groups excluding carboxylic acids is 1. The van der Waals surface area contributed by atoms with Crippen LogP contribution in [0.4, 0.5) is 0 Å². The Morgan fingerprint density at radius 1 is 1.85 bits per heavy atom. The molecule has 1 aromatic heterocycles. The normalized spacial score (nSPS) is 12.8. The quantitative estimate of drug-likeness (QED) is 0.721. The Kier molecular flexibility index (Phi) is 2.90. The maximum absolute atomic E-state index is 10.6. The van der Waals surface area contributed by atoms with Crippen LogP contribution in [0.15, 0.2) is 6.20 Å². The summed E-state index contributed by atoms with van der Waals surface area (Å²) in [6, 6.07) is -0.488. The number of halogens is 1. The molecule has 72 valence electrons. The number of rotatable bonds is 3. The van der Waals surface area contributed by atoms with Crippen molar-refractivity contribution >= 4 is 17.5 Å². The average Bonchev–Trinajstić information content (AvgIpc) is 2.29. The van der Waals surface area contributed by atoms with E-state index in [0.717, 1.165) is 0 Å². The molecule has 0 radical (unpaired) electrons. The largest absolute Gasteiger partial charge is 0.370 e. The summed E-state index contributed by atoms with van der Waals surface area (Å²) in [5.74, 6) is -0.454. The van der Waals surface area contributed by atoms with Crippen LogP contribution in [0.3, 0.4) is 0 Å². The summed E-state index contributed by atoms with van der Waals surface area (Å²) in [6.07, 6.45) is 1.55. The standard InChI is InChI=1S/C7H11ClN4O/c1-12-7(4(8)3-11-12)5(9)2-6(10)13/h3,5H,2,9H2,1H3,(H2,10,13). The lowest BCUT2D eigenvalue weighted by molar-refractivity contribution is -0.118. The molecule has 4 N–H and O–H groups in total. The SMILES string of the molecule is Cn1ncc(Cl)c1C(N)CC(N)=O. The third kappa shape index (κ3) is 2.19. The zero-order valence-corrected chi connectivity index (χ0v) is 7.95. The minimum absolute atomic E-state index is 0.0687. The molecule has 1 atom stereocenters. The van der Waals surface area contributed by atoms with Crippen molar-refractivity contribution < 1.29 is 4.79 Å². The molecule has 1 rings (SSSR count). The predicted octanol–water partition coefficient (Wildman–Crippen LogP) is -0.0513. The molecule has 0 fully saturated rings. The second kappa shape index (κ2) is 3.76. The molecule has 0 aliphatic rings. The molecule has 0 bridgehead atoms. The number of hydrogen-bond donors (Lipinski definition) is 2. The van der Waals surface area contributed by atoms with Gasteiger partial charge in [-0.05, 0) is 0 Å². The van der Waals surface area contributed by atoms with Crippen LogP contribution in [0.5, 0.6) is 0 Å². The maximum atomic E-state index is 10.6. The minimum Gasteiger partial charge on any atom is -0.370 e. The highest BCUT2D eigenvalue weighted by Crippen LogP contribution is 2.21. The monoisotopic (exact) mass is 202 g/mol. The van der Waals surface area contributed by atoms with Crippen molar-refractivity contribution in [1.82, 2.24) is 9.78 Å². The van der Waals surface area contributed by atoms with Gasteiger partial charge in [0.05, 0.1) is 23.0 Å². The van der Waals surface area contributed by atoms with Gasteiger partial charge in [0.15, 0.2) is 0 Å². The fourth-order valence-electron chi connectivity index (χ4n) is 1.15. The molecule has 0 saturated heterocycles. The van der Waals surface area contributed by atoms with E-state index in [0.29, 0.717) is 10.7 Å². The zero-order valence-electron chi connectivity index (χ0n) is 7.20. The maximum Gasteiger partial charge on any atom is 0.219 e. The molecule has 1 heterocycles. The molecule has 13 heavy (non-hydrogen) atoms. The highest BCUT2D eigenvalue weighted by atomic mass is 35.5. The lowest BCUT2D eigenvalue weighted by Gasteiger charge is -2.10. The molecular weight excluding hydrogens is 192 g/mol. The lowest BCUT2D eigenvalue weighted by Crippen LogP contribution is -2.22. The van der Waals surface area contributed by atoms with Gasteiger partial charge in [-0.2, -0.15) is 5.10 Å². The number of amides is 1. The van der Waals surface area contributed by atoms with Crippen molar-refractivity contribution in [3.8, 4) is 0 Å². The highest BCUT2D eigenvalue weighted by molar-refractivity contribution is 6.31.